The lowest BCUT2D eigenvalue weighted by molar-refractivity contribution is -0.143. The van der Waals surface area contributed by atoms with Crippen LogP contribution in [-0.2, 0) is 30.7 Å². The molecule has 10 nitrogen and oxygen atoms in total. The highest BCUT2D eigenvalue weighted by Crippen LogP contribution is 2.38. The summed E-state index contributed by atoms with van der Waals surface area (Å²) in [5, 5.41) is 4.45. The van der Waals surface area contributed by atoms with Crippen LogP contribution in [0.15, 0.2) is 49.2 Å². The average molecular weight is 668 g/mol. The fraction of sp³-hybridized carbons (Fsp3) is 0.414. The highest BCUT2D eigenvalue weighted by molar-refractivity contribution is 6.32. The fourth-order valence-electron chi connectivity index (χ4n) is 5.53. The third-order valence-corrected chi connectivity index (χ3v) is 8.11. The highest BCUT2D eigenvalue weighted by atomic mass is 35.5. The molecule has 2 aliphatic rings. The van der Waals surface area contributed by atoms with Crippen LogP contribution < -0.4 is 14.7 Å². The minimum Gasteiger partial charge on any atom is -0.378 e. The zero-order valence-electron chi connectivity index (χ0n) is 24.4. The number of aromatic nitrogens is 6. The van der Waals surface area contributed by atoms with Gasteiger partial charge in [0.2, 0.25) is 11.9 Å². The topological polar surface area (TPSA) is 88.3 Å². The molecule has 46 heavy (non-hydrogen) atoms. The van der Waals surface area contributed by atoms with Crippen LogP contribution in [0.2, 0.25) is 5.02 Å². The first-order chi connectivity index (χ1) is 21.8. The monoisotopic (exact) mass is 667 g/mol. The van der Waals surface area contributed by atoms with Gasteiger partial charge in [0.1, 0.15) is 5.02 Å². The first kappa shape index (κ1) is 31.8. The van der Waals surface area contributed by atoms with Crippen molar-refractivity contribution in [2.45, 2.75) is 31.4 Å². The van der Waals surface area contributed by atoms with Gasteiger partial charge >= 0.3 is 12.4 Å². The third-order valence-electron chi connectivity index (χ3n) is 7.84. The number of nitrogens with zero attached hydrogens (tertiary/aromatic N) is 9. The van der Waals surface area contributed by atoms with E-state index in [1.54, 1.807) is 41.4 Å². The number of hydrogen-bond donors (Lipinski definition) is 0. The Balaban J connectivity index is 1.33. The number of aryl methyl sites for hydroxylation is 1. The lowest BCUT2D eigenvalue weighted by Gasteiger charge is -2.30. The normalized spacial score (nSPS) is 17.5. The van der Waals surface area contributed by atoms with Crippen molar-refractivity contribution in [1.29, 1.82) is 0 Å². The molecule has 1 aromatic carbocycles. The van der Waals surface area contributed by atoms with Gasteiger partial charge in [-0.1, -0.05) is 11.6 Å². The standard InChI is InChI=1S/C29H28ClF6N9O/c1-42-16-20(13-40-42)19-11-37-26(38-12-19)45(15-18-8-21(28(31,32)33)10-22(9-18)29(34,35)36)23-2-3-44(17-23)25-24(30)14-39-27(41-25)43-4-6-46-7-5-43/h8-14,16,23H,2-7,15,17H2,1H3/t23-/m0/s1. The van der Waals surface area contributed by atoms with Gasteiger partial charge in [-0.15, -0.1) is 0 Å². The second kappa shape index (κ2) is 12.5. The van der Waals surface area contributed by atoms with Gasteiger partial charge in [0.25, 0.3) is 0 Å². The van der Waals surface area contributed by atoms with Crippen molar-refractivity contribution < 1.29 is 31.1 Å². The Hall–Kier alpha value is -4.18. The number of alkyl halides is 6. The molecule has 0 bridgehead atoms. The lowest BCUT2D eigenvalue weighted by atomic mass is 10.0. The van der Waals surface area contributed by atoms with Crippen molar-refractivity contribution in [3.05, 3.63) is 70.9 Å². The number of anilines is 3. The summed E-state index contributed by atoms with van der Waals surface area (Å²) >= 11 is 6.52. The smallest absolute Gasteiger partial charge is 0.378 e. The maximum Gasteiger partial charge on any atom is 0.416 e. The number of hydrogen-bond acceptors (Lipinski definition) is 9. The van der Waals surface area contributed by atoms with Crippen molar-refractivity contribution in [2.75, 3.05) is 54.1 Å². The van der Waals surface area contributed by atoms with E-state index in [2.05, 4.69) is 20.1 Å². The Labute approximate surface area is 264 Å². The molecule has 4 aromatic rings. The SMILES string of the molecule is Cn1cc(-c2cnc(N(Cc3cc(C(F)(F)F)cc(C(F)(F)F)c3)[C@H]3CCN(c4nc(N5CCOCC5)ncc4Cl)C3)nc2)cn1. The predicted octanol–water partition coefficient (Wildman–Crippen LogP) is 5.48. The molecule has 0 amide bonds. The molecule has 2 fully saturated rings. The van der Waals surface area contributed by atoms with Gasteiger partial charge in [-0.05, 0) is 30.2 Å². The number of halogens is 7. The van der Waals surface area contributed by atoms with Crippen LogP contribution in [-0.4, -0.2) is 75.2 Å². The molecular weight excluding hydrogens is 640 g/mol. The Morgan fingerprint density at radius 2 is 1.54 bits per heavy atom. The van der Waals surface area contributed by atoms with Crippen LogP contribution in [0.1, 0.15) is 23.1 Å². The average Bonchev–Trinajstić information content (AvgIpc) is 3.69. The second-order valence-corrected chi connectivity index (χ2v) is 11.5. The molecule has 3 aromatic heterocycles. The van der Waals surface area contributed by atoms with Crippen molar-refractivity contribution in [1.82, 2.24) is 29.7 Å². The Morgan fingerprint density at radius 3 is 2.15 bits per heavy atom. The first-order valence-electron chi connectivity index (χ1n) is 14.3. The molecule has 0 unspecified atom stereocenters. The molecule has 17 heteroatoms. The largest absolute Gasteiger partial charge is 0.416 e. The van der Waals surface area contributed by atoms with E-state index in [1.807, 2.05) is 9.80 Å². The fourth-order valence-corrected chi connectivity index (χ4v) is 5.75. The van der Waals surface area contributed by atoms with Gasteiger partial charge in [0.15, 0.2) is 5.82 Å². The quantitative estimate of drug-likeness (QED) is 0.238. The summed E-state index contributed by atoms with van der Waals surface area (Å²) in [6.45, 7) is 2.75. The van der Waals surface area contributed by atoms with Gasteiger partial charge < -0.3 is 19.4 Å². The van der Waals surface area contributed by atoms with Crippen LogP contribution in [0.5, 0.6) is 0 Å². The maximum absolute atomic E-state index is 13.7. The van der Waals surface area contributed by atoms with Gasteiger partial charge in [0.05, 0.1) is 42.8 Å². The molecule has 244 valence electrons. The van der Waals surface area contributed by atoms with Crippen LogP contribution in [0.4, 0.5) is 44.1 Å². The summed E-state index contributed by atoms with van der Waals surface area (Å²) in [5.41, 5.74) is -1.57. The van der Waals surface area contributed by atoms with Crippen molar-refractivity contribution in [2.24, 2.45) is 7.05 Å². The molecule has 0 spiro atoms. The van der Waals surface area contributed by atoms with Crippen LogP contribution in [0.25, 0.3) is 11.1 Å². The minimum absolute atomic E-state index is 0.119. The molecular formula is C29H28ClF6N9O. The minimum atomic E-state index is -4.98. The summed E-state index contributed by atoms with van der Waals surface area (Å²) in [6, 6.07) is 1.17. The zero-order chi connectivity index (χ0) is 32.6. The Morgan fingerprint density at radius 1 is 0.870 bits per heavy atom. The number of morpholine rings is 1. The molecule has 1 atom stereocenters. The molecule has 0 aliphatic carbocycles. The summed E-state index contributed by atoms with van der Waals surface area (Å²) in [5.74, 6) is 1.11. The first-order valence-corrected chi connectivity index (χ1v) is 14.7. The van der Waals surface area contributed by atoms with Crippen molar-refractivity contribution >= 4 is 29.3 Å². The van der Waals surface area contributed by atoms with Gasteiger partial charge in [-0.3, -0.25) is 4.68 Å². The zero-order valence-corrected chi connectivity index (χ0v) is 25.2. The molecule has 6 rings (SSSR count). The van der Waals surface area contributed by atoms with E-state index in [4.69, 9.17) is 21.3 Å². The van der Waals surface area contributed by atoms with E-state index < -0.39 is 29.5 Å². The molecule has 5 heterocycles. The van der Waals surface area contributed by atoms with E-state index in [1.165, 1.54) is 6.20 Å². The molecule has 0 saturated carbocycles. The highest BCUT2D eigenvalue weighted by Gasteiger charge is 2.38. The van der Waals surface area contributed by atoms with Crippen LogP contribution >= 0.6 is 11.6 Å². The van der Waals surface area contributed by atoms with E-state index in [0.717, 1.165) is 17.7 Å². The maximum atomic E-state index is 13.7. The Bertz CT molecular complexity index is 1640. The number of rotatable bonds is 7. The number of ether oxygens (including phenoxy) is 1. The summed E-state index contributed by atoms with van der Waals surface area (Å²) in [6.07, 6.45) is -1.48. The second-order valence-electron chi connectivity index (χ2n) is 11.0. The van der Waals surface area contributed by atoms with Gasteiger partial charge in [0, 0.05) is 69.5 Å². The Kier molecular flexibility index (Phi) is 8.67. The molecule has 2 aliphatic heterocycles. The van der Waals surface area contributed by atoms with Crippen molar-refractivity contribution in [3.8, 4) is 11.1 Å². The van der Waals surface area contributed by atoms with Crippen LogP contribution in [0, 0.1) is 0 Å². The number of benzene rings is 1. The third kappa shape index (κ3) is 6.97. The predicted molar refractivity (Wildman–Crippen MR) is 158 cm³/mol. The summed E-state index contributed by atoms with van der Waals surface area (Å²) < 4.78 is 89.2. The summed E-state index contributed by atoms with van der Waals surface area (Å²) in [4.78, 5) is 23.6. The van der Waals surface area contributed by atoms with E-state index in [9.17, 15) is 26.3 Å². The van der Waals surface area contributed by atoms with Crippen LogP contribution in [0.3, 0.4) is 0 Å². The van der Waals surface area contributed by atoms with E-state index in [-0.39, 0.29) is 24.1 Å². The van der Waals surface area contributed by atoms with Gasteiger partial charge in [-0.2, -0.15) is 36.4 Å². The van der Waals surface area contributed by atoms with E-state index in [0.29, 0.717) is 68.2 Å². The molecule has 0 radical (unpaired) electrons. The van der Waals surface area contributed by atoms with Gasteiger partial charge in [-0.25, -0.2) is 15.0 Å². The van der Waals surface area contributed by atoms with E-state index >= 15 is 0 Å². The van der Waals surface area contributed by atoms with Crippen molar-refractivity contribution in [3.63, 3.8) is 0 Å². The molecule has 2 saturated heterocycles. The lowest BCUT2D eigenvalue weighted by Crippen LogP contribution is -2.39. The summed E-state index contributed by atoms with van der Waals surface area (Å²) in [7, 11) is 1.75. The molecule has 0 N–H and O–H groups in total.